The summed E-state index contributed by atoms with van der Waals surface area (Å²) in [4.78, 5) is 20.5. The van der Waals surface area contributed by atoms with Gasteiger partial charge in [-0.15, -0.1) is 0 Å². The van der Waals surface area contributed by atoms with Crippen LogP contribution in [0.3, 0.4) is 0 Å². The van der Waals surface area contributed by atoms with Gasteiger partial charge in [-0.25, -0.2) is 14.4 Å². The molecule has 26 heavy (non-hydrogen) atoms. The first kappa shape index (κ1) is 18.1. The smallest absolute Gasteiger partial charge is 0.274 e. The van der Waals surface area contributed by atoms with E-state index in [0.29, 0.717) is 21.3 Å². The molecule has 3 aromatic rings. The number of hydrogen-bond acceptors (Lipinski definition) is 4. The van der Waals surface area contributed by atoms with Gasteiger partial charge in [0.1, 0.15) is 11.5 Å². The highest BCUT2D eigenvalue weighted by molar-refractivity contribution is 6.36. The molecule has 2 aromatic carbocycles. The van der Waals surface area contributed by atoms with Crippen LogP contribution >= 0.6 is 23.2 Å². The molecule has 3 rings (SSSR count). The van der Waals surface area contributed by atoms with Crippen LogP contribution in [0, 0.1) is 5.82 Å². The molecule has 0 aliphatic carbocycles. The lowest BCUT2D eigenvalue weighted by atomic mass is 10.2. The molecule has 0 atom stereocenters. The van der Waals surface area contributed by atoms with Gasteiger partial charge in [0, 0.05) is 23.3 Å². The standard InChI is InChI=1S/C18H13Cl2FN4O/c19-12-5-6-15(13(20)9-12)24-17(26)16-7-8-22-18(25-16)23-10-11-3-1-2-4-14(11)21/h1-9H,10H2,(H,24,26)(H,22,23,25). The number of aromatic nitrogens is 2. The third kappa shape index (κ3) is 4.47. The van der Waals surface area contributed by atoms with Crippen molar-refractivity contribution in [2.24, 2.45) is 0 Å². The van der Waals surface area contributed by atoms with Gasteiger partial charge in [-0.05, 0) is 30.3 Å². The summed E-state index contributed by atoms with van der Waals surface area (Å²) in [5.41, 5.74) is 1.03. The number of hydrogen-bond donors (Lipinski definition) is 2. The van der Waals surface area contributed by atoms with E-state index in [1.165, 1.54) is 24.4 Å². The van der Waals surface area contributed by atoms with Crippen molar-refractivity contribution in [1.82, 2.24) is 9.97 Å². The lowest BCUT2D eigenvalue weighted by Crippen LogP contribution is -2.15. The Hall–Kier alpha value is -2.70. The zero-order valence-corrected chi connectivity index (χ0v) is 14.9. The number of halogens is 3. The summed E-state index contributed by atoms with van der Waals surface area (Å²) in [6.07, 6.45) is 1.44. The molecule has 0 aliphatic heterocycles. The molecule has 132 valence electrons. The van der Waals surface area contributed by atoms with Crippen LogP contribution in [0.1, 0.15) is 16.1 Å². The van der Waals surface area contributed by atoms with E-state index in [0.717, 1.165) is 0 Å². The molecule has 0 fully saturated rings. The molecule has 0 unspecified atom stereocenters. The lowest BCUT2D eigenvalue weighted by molar-refractivity contribution is 0.102. The highest BCUT2D eigenvalue weighted by Gasteiger charge is 2.12. The van der Waals surface area contributed by atoms with Crippen molar-refractivity contribution in [1.29, 1.82) is 0 Å². The summed E-state index contributed by atoms with van der Waals surface area (Å²) in [5, 5.41) is 6.33. The molecule has 5 nitrogen and oxygen atoms in total. The van der Waals surface area contributed by atoms with Crippen molar-refractivity contribution in [3.63, 3.8) is 0 Å². The minimum atomic E-state index is -0.453. The predicted molar refractivity (Wildman–Crippen MR) is 100 cm³/mol. The molecular weight excluding hydrogens is 378 g/mol. The molecule has 1 heterocycles. The second-order valence-corrected chi connectivity index (χ2v) is 6.13. The van der Waals surface area contributed by atoms with E-state index in [-0.39, 0.29) is 24.0 Å². The Bertz CT molecular complexity index is 952. The monoisotopic (exact) mass is 390 g/mol. The summed E-state index contributed by atoms with van der Waals surface area (Å²) in [6, 6.07) is 12.6. The van der Waals surface area contributed by atoms with Crippen LogP contribution in [0.25, 0.3) is 0 Å². The highest BCUT2D eigenvalue weighted by Crippen LogP contribution is 2.25. The molecule has 0 aliphatic rings. The fourth-order valence-corrected chi connectivity index (χ4v) is 2.62. The third-order valence-corrected chi connectivity index (χ3v) is 4.01. The zero-order chi connectivity index (χ0) is 18.5. The molecule has 0 saturated carbocycles. The van der Waals surface area contributed by atoms with Gasteiger partial charge >= 0.3 is 0 Å². The first-order valence-corrected chi connectivity index (χ1v) is 8.35. The fourth-order valence-electron chi connectivity index (χ4n) is 2.16. The average molecular weight is 391 g/mol. The van der Waals surface area contributed by atoms with Crippen LogP contribution in [0.15, 0.2) is 54.7 Å². The quantitative estimate of drug-likeness (QED) is 0.657. The molecule has 0 radical (unpaired) electrons. The van der Waals surface area contributed by atoms with Crippen molar-refractivity contribution >= 4 is 40.7 Å². The number of carbonyl (C=O) groups is 1. The molecule has 1 amide bonds. The third-order valence-electron chi connectivity index (χ3n) is 3.46. The fraction of sp³-hybridized carbons (Fsp3) is 0.0556. The first-order chi connectivity index (χ1) is 12.5. The van der Waals surface area contributed by atoms with Gasteiger partial charge in [-0.1, -0.05) is 41.4 Å². The van der Waals surface area contributed by atoms with Gasteiger partial charge in [0.2, 0.25) is 5.95 Å². The van der Waals surface area contributed by atoms with Gasteiger partial charge in [0.25, 0.3) is 5.91 Å². The molecular formula is C18H13Cl2FN4O. The normalized spacial score (nSPS) is 10.4. The van der Waals surface area contributed by atoms with Gasteiger partial charge in [0.15, 0.2) is 0 Å². The Morgan fingerprint density at radius 3 is 2.69 bits per heavy atom. The predicted octanol–water partition coefficient (Wildman–Crippen LogP) is 4.79. The van der Waals surface area contributed by atoms with Crippen LogP contribution in [-0.4, -0.2) is 15.9 Å². The van der Waals surface area contributed by atoms with E-state index in [1.807, 2.05) is 0 Å². The maximum Gasteiger partial charge on any atom is 0.274 e. The topological polar surface area (TPSA) is 66.9 Å². The molecule has 2 N–H and O–H groups in total. The van der Waals surface area contributed by atoms with Crippen molar-refractivity contribution in [3.8, 4) is 0 Å². The van der Waals surface area contributed by atoms with Crippen molar-refractivity contribution in [2.75, 3.05) is 10.6 Å². The summed E-state index contributed by atoms with van der Waals surface area (Å²) in [5.74, 6) is -0.569. The lowest BCUT2D eigenvalue weighted by Gasteiger charge is -2.09. The Kier molecular flexibility index (Phi) is 5.65. The molecule has 8 heteroatoms. The zero-order valence-electron chi connectivity index (χ0n) is 13.3. The minimum absolute atomic E-state index is 0.141. The van der Waals surface area contributed by atoms with Gasteiger partial charge in [-0.3, -0.25) is 4.79 Å². The summed E-state index contributed by atoms with van der Waals surface area (Å²) >= 11 is 11.9. The van der Waals surface area contributed by atoms with Gasteiger partial charge < -0.3 is 10.6 Å². The highest BCUT2D eigenvalue weighted by atomic mass is 35.5. The van der Waals surface area contributed by atoms with Crippen LogP contribution < -0.4 is 10.6 Å². The van der Waals surface area contributed by atoms with E-state index in [4.69, 9.17) is 23.2 Å². The SMILES string of the molecule is O=C(Nc1ccc(Cl)cc1Cl)c1ccnc(NCc2ccccc2F)n1. The van der Waals surface area contributed by atoms with E-state index in [2.05, 4.69) is 20.6 Å². The van der Waals surface area contributed by atoms with Crippen molar-refractivity contribution < 1.29 is 9.18 Å². The number of nitrogens with one attached hydrogen (secondary N) is 2. The van der Waals surface area contributed by atoms with E-state index < -0.39 is 5.91 Å². The molecule has 1 aromatic heterocycles. The van der Waals surface area contributed by atoms with Crippen molar-refractivity contribution in [2.45, 2.75) is 6.54 Å². The second-order valence-electron chi connectivity index (χ2n) is 5.29. The van der Waals surface area contributed by atoms with Gasteiger partial charge in [0.05, 0.1) is 10.7 Å². The number of amides is 1. The van der Waals surface area contributed by atoms with Crippen LogP contribution in [-0.2, 0) is 6.54 Å². The van der Waals surface area contributed by atoms with Crippen LogP contribution in [0.2, 0.25) is 10.0 Å². The summed E-state index contributed by atoms with van der Waals surface area (Å²) in [6.45, 7) is 0.195. The maximum atomic E-state index is 13.6. The van der Waals surface area contributed by atoms with Crippen LogP contribution in [0.5, 0.6) is 0 Å². The maximum absolute atomic E-state index is 13.6. The number of benzene rings is 2. The molecule has 0 spiro atoms. The van der Waals surface area contributed by atoms with Crippen LogP contribution in [0.4, 0.5) is 16.0 Å². The Labute approximate surface area is 159 Å². The Morgan fingerprint density at radius 1 is 1.12 bits per heavy atom. The Balaban J connectivity index is 1.70. The van der Waals surface area contributed by atoms with Crippen molar-refractivity contribution in [3.05, 3.63) is 81.8 Å². The summed E-state index contributed by atoms with van der Waals surface area (Å²) < 4.78 is 13.6. The number of carbonyl (C=O) groups excluding carboxylic acids is 1. The number of nitrogens with zero attached hydrogens (tertiary/aromatic N) is 2. The average Bonchev–Trinajstić information content (AvgIpc) is 2.63. The summed E-state index contributed by atoms with van der Waals surface area (Å²) in [7, 11) is 0. The largest absolute Gasteiger partial charge is 0.350 e. The van der Waals surface area contributed by atoms with Gasteiger partial charge in [-0.2, -0.15) is 0 Å². The van der Waals surface area contributed by atoms with E-state index in [9.17, 15) is 9.18 Å². The van der Waals surface area contributed by atoms with E-state index >= 15 is 0 Å². The Morgan fingerprint density at radius 2 is 1.92 bits per heavy atom. The molecule has 0 bridgehead atoms. The molecule has 0 saturated heterocycles. The first-order valence-electron chi connectivity index (χ1n) is 7.59. The second kappa shape index (κ2) is 8.12. The van der Waals surface area contributed by atoms with E-state index in [1.54, 1.807) is 30.3 Å². The number of rotatable bonds is 5. The minimum Gasteiger partial charge on any atom is -0.350 e. The number of anilines is 2.